The van der Waals surface area contributed by atoms with E-state index in [1.807, 2.05) is 0 Å². The van der Waals surface area contributed by atoms with E-state index in [-0.39, 0.29) is 4.90 Å². The van der Waals surface area contributed by atoms with Gasteiger partial charge < -0.3 is 9.47 Å². The summed E-state index contributed by atoms with van der Waals surface area (Å²) >= 11 is 0. The van der Waals surface area contributed by atoms with Gasteiger partial charge in [-0.1, -0.05) is 0 Å². The normalized spacial score (nSPS) is 19.4. The molecule has 23 heavy (non-hydrogen) atoms. The summed E-state index contributed by atoms with van der Waals surface area (Å²) in [6.45, 7) is 3.80. The highest BCUT2D eigenvalue weighted by Gasteiger charge is 2.39. The van der Waals surface area contributed by atoms with Gasteiger partial charge in [0.1, 0.15) is 11.8 Å². The van der Waals surface area contributed by atoms with Crippen molar-refractivity contribution in [2.75, 3.05) is 20.8 Å². The fourth-order valence-electron chi connectivity index (χ4n) is 3.12. The Bertz CT molecular complexity index is 675. The number of esters is 1. The third-order valence-corrected chi connectivity index (χ3v) is 6.38. The molecule has 1 atom stereocenters. The van der Waals surface area contributed by atoms with Gasteiger partial charge in [0.25, 0.3) is 0 Å². The van der Waals surface area contributed by atoms with Gasteiger partial charge in [0.2, 0.25) is 10.0 Å². The molecule has 0 saturated carbocycles. The van der Waals surface area contributed by atoms with Crippen molar-refractivity contribution >= 4 is 16.0 Å². The van der Waals surface area contributed by atoms with Crippen LogP contribution in [-0.4, -0.2) is 45.5 Å². The van der Waals surface area contributed by atoms with Crippen molar-refractivity contribution in [3.8, 4) is 5.75 Å². The molecule has 1 aliphatic rings. The van der Waals surface area contributed by atoms with Gasteiger partial charge in [0.15, 0.2) is 0 Å². The molecule has 0 aliphatic carbocycles. The van der Waals surface area contributed by atoms with Crippen LogP contribution in [0, 0.1) is 13.8 Å². The summed E-state index contributed by atoms with van der Waals surface area (Å²) in [6, 6.07) is 2.63. The lowest BCUT2D eigenvalue weighted by Crippen LogP contribution is -2.48. The number of aryl methyl sites for hydroxylation is 2. The molecule has 0 radical (unpaired) electrons. The molecule has 0 spiro atoms. The summed E-state index contributed by atoms with van der Waals surface area (Å²) < 4.78 is 37.5. The first-order chi connectivity index (χ1) is 10.8. The van der Waals surface area contributed by atoms with Crippen molar-refractivity contribution in [1.82, 2.24) is 4.31 Å². The average molecular weight is 341 g/mol. The first kappa shape index (κ1) is 17.7. The van der Waals surface area contributed by atoms with Crippen LogP contribution in [-0.2, 0) is 19.6 Å². The number of nitrogens with zero attached hydrogens (tertiary/aromatic N) is 1. The number of methoxy groups -OCH3 is 2. The Morgan fingerprint density at radius 3 is 2.30 bits per heavy atom. The fourth-order valence-corrected chi connectivity index (χ4v) is 5.18. The summed E-state index contributed by atoms with van der Waals surface area (Å²) in [6.07, 6.45) is 2.04. The predicted octanol–water partition coefficient (Wildman–Crippen LogP) is 2.03. The molecule has 0 N–H and O–H groups in total. The molecule has 0 bridgehead atoms. The Morgan fingerprint density at radius 2 is 1.78 bits per heavy atom. The highest BCUT2D eigenvalue weighted by Crippen LogP contribution is 2.32. The molecule has 1 aromatic carbocycles. The monoisotopic (exact) mass is 341 g/mol. The van der Waals surface area contributed by atoms with Crippen molar-refractivity contribution < 1.29 is 22.7 Å². The molecular formula is C16H23NO5S. The molecule has 1 aliphatic heterocycles. The smallest absolute Gasteiger partial charge is 0.324 e. The van der Waals surface area contributed by atoms with Crippen LogP contribution >= 0.6 is 0 Å². The minimum atomic E-state index is -3.78. The second-order valence-electron chi connectivity index (χ2n) is 5.74. The fraction of sp³-hybridized carbons (Fsp3) is 0.562. The third-order valence-electron chi connectivity index (χ3n) is 4.16. The molecule has 1 fully saturated rings. The summed E-state index contributed by atoms with van der Waals surface area (Å²) in [7, 11) is -0.950. The van der Waals surface area contributed by atoms with Gasteiger partial charge in [-0.25, -0.2) is 8.42 Å². The Hall–Kier alpha value is -1.60. The van der Waals surface area contributed by atoms with Crippen LogP contribution in [0.15, 0.2) is 17.0 Å². The zero-order valence-electron chi connectivity index (χ0n) is 14.0. The molecule has 6 nitrogen and oxygen atoms in total. The van der Waals surface area contributed by atoms with Crippen LogP contribution in [0.2, 0.25) is 0 Å². The number of carbonyl (C=O) groups is 1. The topological polar surface area (TPSA) is 72.9 Å². The maximum atomic E-state index is 13.1. The van der Waals surface area contributed by atoms with E-state index in [4.69, 9.17) is 9.47 Å². The summed E-state index contributed by atoms with van der Waals surface area (Å²) in [5, 5.41) is 0. The van der Waals surface area contributed by atoms with Gasteiger partial charge in [-0.2, -0.15) is 4.31 Å². The van der Waals surface area contributed by atoms with Crippen molar-refractivity contribution in [1.29, 1.82) is 0 Å². The summed E-state index contributed by atoms with van der Waals surface area (Å²) in [5.41, 5.74) is 1.21. The van der Waals surface area contributed by atoms with Crippen LogP contribution in [0.25, 0.3) is 0 Å². The van der Waals surface area contributed by atoms with E-state index in [9.17, 15) is 13.2 Å². The maximum absolute atomic E-state index is 13.1. The summed E-state index contributed by atoms with van der Waals surface area (Å²) in [4.78, 5) is 12.2. The van der Waals surface area contributed by atoms with Gasteiger partial charge >= 0.3 is 5.97 Å². The van der Waals surface area contributed by atoms with E-state index in [0.29, 0.717) is 29.8 Å². The number of hydrogen-bond donors (Lipinski definition) is 0. The third kappa shape index (κ3) is 3.35. The molecule has 2 rings (SSSR count). The van der Waals surface area contributed by atoms with E-state index < -0.39 is 22.0 Å². The van der Waals surface area contributed by atoms with Gasteiger partial charge in [-0.15, -0.1) is 0 Å². The molecule has 1 saturated heterocycles. The van der Waals surface area contributed by atoms with E-state index >= 15 is 0 Å². The van der Waals surface area contributed by atoms with Crippen molar-refractivity contribution in [2.45, 2.75) is 44.0 Å². The second-order valence-corrected chi connectivity index (χ2v) is 7.57. The Labute approximate surface area is 137 Å². The highest BCUT2D eigenvalue weighted by molar-refractivity contribution is 7.89. The first-order valence-electron chi connectivity index (χ1n) is 7.57. The average Bonchev–Trinajstić information content (AvgIpc) is 2.53. The number of piperidine rings is 1. The van der Waals surface area contributed by atoms with Gasteiger partial charge in [-0.3, -0.25) is 4.79 Å². The summed E-state index contributed by atoms with van der Waals surface area (Å²) in [5.74, 6) is 0.110. The molecule has 0 aromatic heterocycles. The van der Waals surface area contributed by atoms with E-state index in [1.54, 1.807) is 33.1 Å². The zero-order valence-corrected chi connectivity index (χ0v) is 14.8. The van der Waals surface area contributed by atoms with Crippen LogP contribution in [0.5, 0.6) is 5.75 Å². The number of ether oxygens (including phenoxy) is 2. The predicted molar refractivity (Wildman–Crippen MR) is 86.0 cm³/mol. The lowest BCUT2D eigenvalue weighted by molar-refractivity contribution is -0.146. The second kappa shape index (κ2) is 6.88. The van der Waals surface area contributed by atoms with Gasteiger partial charge in [0, 0.05) is 6.54 Å². The van der Waals surface area contributed by atoms with Gasteiger partial charge in [0.05, 0.1) is 19.1 Å². The first-order valence-corrected chi connectivity index (χ1v) is 9.02. The Balaban J connectivity index is 2.50. The number of hydrogen-bond acceptors (Lipinski definition) is 5. The molecule has 7 heteroatoms. The van der Waals surface area contributed by atoms with E-state index in [0.717, 1.165) is 12.8 Å². The quantitative estimate of drug-likeness (QED) is 0.784. The van der Waals surface area contributed by atoms with Crippen molar-refractivity contribution in [2.24, 2.45) is 0 Å². The number of benzene rings is 1. The standard InChI is InChI=1S/C16H23NO5S/c1-11-9-13(21-3)10-12(2)15(11)23(19,20)17-8-6-5-7-14(17)16(18)22-4/h9-10,14H,5-8H2,1-4H3/t14-/m0/s1. The van der Waals surface area contributed by atoms with Crippen molar-refractivity contribution in [3.05, 3.63) is 23.3 Å². The molecule has 1 aromatic rings. The number of sulfonamides is 1. The molecule has 0 unspecified atom stereocenters. The lowest BCUT2D eigenvalue weighted by Gasteiger charge is -2.33. The molecule has 128 valence electrons. The zero-order chi connectivity index (χ0) is 17.2. The van der Waals surface area contributed by atoms with E-state index in [1.165, 1.54) is 11.4 Å². The molecule has 1 heterocycles. The minimum absolute atomic E-state index is 0.245. The van der Waals surface area contributed by atoms with Crippen LogP contribution < -0.4 is 4.74 Å². The Morgan fingerprint density at radius 1 is 1.17 bits per heavy atom. The van der Waals surface area contributed by atoms with Gasteiger partial charge in [-0.05, 0) is 56.4 Å². The molecular weight excluding hydrogens is 318 g/mol. The van der Waals surface area contributed by atoms with Crippen LogP contribution in [0.4, 0.5) is 0 Å². The maximum Gasteiger partial charge on any atom is 0.324 e. The Kier molecular flexibility index (Phi) is 5.31. The highest BCUT2D eigenvalue weighted by atomic mass is 32.2. The largest absolute Gasteiger partial charge is 0.497 e. The molecule has 0 amide bonds. The number of rotatable bonds is 4. The minimum Gasteiger partial charge on any atom is -0.497 e. The van der Waals surface area contributed by atoms with Crippen molar-refractivity contribution in [3.63, 3.8) is 0 Å². The SMILES string of the molecule is COC(=O)[C@@H]1CCCCN1S(=O)(=O)c1c(C)cc(OC)cc1C. The number of carbonyl (C=O) groups excluding carboxylic acids is 1. The van der Waals surface area contributed by atoms with Crippen LogP contribution in [0.1, 0.15) is 30.4 Å². The van der Waals surface area contributed by atoms with E-state index in [2.05, 4.69) is 0 Å². The van der Waals surface area contributed by atoms with Crippen LogP contribution in [0.3, 0.4) is 0 Å². The lowest BCUT2D eigenvalue weighted by atomic mass is 10.1.